The molecule has 3 atom stereocenters. The van der Waals surface area contributed by atoms with E-state index in [0.717, 1.165) is 11.8 Å². The Morgan fingerprint density at radius 3 is 2.00 bits per heavy atom. The van der Waals surface area contributed by atoms with E-state index in [-0.39, 0.29) is 74.1 Å². The third-order valence-corrected chi connectivity index (χ3v) is 7.19. The van der Waals surface area contributed by atoms with E-state index < -0.39 is 29.0 Å². The zero-order chi connectivity index (χ0) is 25.4. The number of nitrogens with zero attached hydrogens (tertiary/aromatic N) is 1. The molecule has 0 bridgehead atoms. The number of amides is 1. The Labute approximate surface area is 239 Å². The van der Waals surface area contributed by atoms with Gasteiger partial charge in [-0.05, 0) is 19.8 Å². The first kappa shape index (κ1) is 45.5. The molecule has 0 aliphatic rings. The fraction of sp³-hybridized carbons (Fsp3) is 0.800. The molecule has 0 radical (unpaired) electrons. The number of carbonyl (C=O) groups is 4. The van der Waals surface area contributed by atoms with Crippen molar-refractivity contribution in [1.82, 2.24) is 4.90 Å². The topological polar surface area (TPSA) is 108 Å². The standard InChI is InChI=1S/C21H35NO8S3.4CH4/c1-7-29-17(23)8-11-32-21(31)33-16(18(24)22(3)4)13-15(12-14(2)19(25)28-6)20(26)30-10-9-27-5;;;;/h14-16H,7-13H2,1-6H3;4*1H4. The highest BCUT2D eigenvalue weighted by Gasteiger charge is 2.33. The molecule has 222 valence electrons. The molecule has 37 heavy (non-hydrogen) atoms. The number of thiocarbonyl (C=S) groups is 1. The van der Waals surface area contributed by atoms with E-state index in [1.807, 2.05) is 0 Å². The molecule has 9 nitrogen and oxygen atoms in total. The summed E-state index contributed by atoms with van der Waals surface area (Å²) in [4.78, 5) is 50.4. The normalized spacial score (nSPS) is 11.9. The first-order chi connectivity index (χ1) is 15.6. The lowest BCUT2D eigenvalue weighted by Crippen LogP contribution is -2.36. The number of hydrogen-bond donors (Lipinski definition) is 0. The van der Waals surface area contributed by atoms with Crippen LogP contribution >= 0.6 is 35.7 Å². The second-order valence-corrected chi connectivity index (χ2v) is 10.7. The Balaban J connectivity index is -0.000000853. The van der Waals surface area contributed by atoms with Gasteiger partial charge < -0.3 is 23.8 Å². The van der Waals surface area contributed by atoms with Gasteiger partial charge in [0, 0.05) is 27.0 Å². The summed E-state index contributed by atoms with van der Waals surface area (Å²) >= 11 is 7.84. The van der Waals surface area contributed by atoms with Crippen molar-refractivity contribution in [3.63, 3.8) is 0 Å². The molecule has 0 rings (SSSR count). The van der Waals surface area contributed by atoms with E-state index in [1.165, 1.54) is 30.9 Å². The van der Waals surface area contributed by atoms with Crippen LogP contribution in [0.3, 0.4) is 0 Å². The third-order valence-electron chi connectivity index (χ3n) is 4.39. The molecule has 0 saturated carbocycles. The first-order valence-electron chi connectivity index (χ1n) is 10.5. The van der Waals surface area contributed by atoms with Crippen LogP contribution in [0.25, 0.3) is 0 Å². The zero-order valence-corrected chi connectivity index (χ0v) is 22.6. The van der Waals surface area contributed by atoms with Crippen molar-refractivity contribution in [1.29, 1.82) is 0 Å². The lowest BCUT2D eigenvalue weighted by Gasteiger charge is -2.25. The minimum absolute atomic E-state index is 0. The second kappa shape index (κ2) is 26.2. The van der Waals surface area contributed by atoms with Gasteiger partial charge in [-0.2, -0.15) is 0 Å². The van der Waals surface area contributed by atoms with Crippen LogP contribution in [-0.2, 0) is 38.1 Å². The van der Waals surface area contributed by atoms with E-state index in [1.54, 1.807) is 27.9 Å². The molecule has 12 heteroatoms. The first-order valence-corrected chi connectivity index (χ1v) is 12.8. The molecule has 0 aromatic rings. The summed E-state index contributed by atoms with van der Waals surface area (Å²) in [5, 5.41) is -0.660. The summed E-state index contributed by atoms with van der Waals surface area (Å²) < 4.78 is 20.3. The molecular weight excluding hydrogens is 538 g/mol. The fourth-order valence-corrected chi connectivity index (χ4v) is 5.48. The van der Waals surface area contributed by atoms with Crippen LogP contribution in [0.15, 0.2) is 0 Å². The number of methoxy groups -OCH3 is 2. The summed E-state index contributed by atoms with van der Waals surface area (Å²) in [6, 6.07) is 0. The van der Waals surface area contributed by atoms with E-state index >= 15 is 0 Å². The molecular formula is C25H51NO8S3. The van der Waals surface area contributed by atoms with Gasteiger partial charge in [0.25, 0.3) is 0 Å². The molecule has 0 aromatic carbocycles. The van der Waals surface area contributed by atoms with E-state index in [2.05, 4.69) is 0 Å². The van der Waals surface area contributed by atoms with Crippen molar-refractivity contribution >= 4 is 63.1 Å². The van der Waals surface area contributed by atoms with Crippen LogP contribution in [0.4, 0.5) is 0 Å². The molecule has 0 N–H and O–H groups in total. The van der Waals surface area contributed by atoms with Crippen LogP contribution in [0.2, 0.25) is 0 Å². The average Bonchev–Trinajstić information content (AvgIpc) is 2.76. The highest BCUT2D eigenvalue weighted by molar-refractivity contribution is 8.47. The summed E-state index contributed by atoms with van der Waals surface area (Å²) in [6.07, 6.45) is 0.503. The number of thioether (sulfide) groups is 2. The average molecular weight is 590 g/mol. The van der Waals surface area contributed by atoms with E-state index in [9.17, 15) is 19.2 Å². The smallest absolute Gasteiger partial charge is 0.309 e. The van der Waals surface area contributed by atoms with Crippen molar-refractivity contribution < 1.29 is 38.1 Å². The Hall–Kier alpha value is -1.37. The zero-order valence-electron chi connectivity index (χ0n) is 20.1. The molecule has 0 heterocycles. The maximum atomic E-state index is 12.8. The summed E-state index contributed by atoms with van der Waals surface area (Å²) in [5.41, 5.74) is 0. The van der Waals surface area contributed by atoms with Gasteiger partial charge in [0.2, 0.25) is 5.91 Å². The van der Waals surface area contributed by atoms with Crippen LogP contribution in [0.1, 0.15) is 62.8 Å². The van der Waals surface area contributed by atoms with Crippen LogP contribution in [0.5, 0.6) is 0 Å². The summed E-state index contributed by atoms with van der Waals surface area (Å²) in [7, 11) is 6.02. The van der Waals surface area contributed by atoms with Crippen molar-refractivity contribution in [2.45, 2.75) is 68.1 Å². The van der Waals surface area contributed by atoms with E-state index in [4.69, 9.17) is 31.2 Å². The highest BCUT2D eigenvalue weighted by atomic mass is 32.2. The maximum absolute atomic E-state index is 12.8. The van der Waals surface area contributed by atoms with Gasteiger partial charge in [0.1, 0.15) is 10.1 Å². The lowest BCUT2D eigenvalue weighted by atomic mass is 9.91. The monoisotopic (exact) mass is 589 g/mol. The SMILES string of the molecule is C.C.C.C.CCOC(=O)CCSC(=S)SC(CC(CC(C)C(=O)OC)C(=O)OCCOC)C(=O)N(C)C. The molecule has 0 fully saturated rings. The van der Waals surface area contributed by atoms with Gasteiger partial charge in [-0.3, -0.25) is 19.2 Å². The fourth-order valence-electron chi connectivity index (χ4n) is 2.70. The number of esters is 3. The minimum atomic E-state index is -0.718. The van der Waals surface area contributed by atoms with Crippen LogP contribution < -0.4 is 0 Å². The van der Waals surface area contributed by atoms with E-state index in [0.29, 0.717) is 15.9 Å². The van der Waals surface area contributed by atoms with Crippen LogP contribution in [-0.4, -0.2) is 91.4 Å². The van der Waals surface area contributed by atoms with Crippen LogP contribution in [0, 0.1) is 11.8 Å². The van der Waals surface area contributed by atoms with Gasteiger partial charge in [-0.15, -0.1) is 11.8 Å². The van der Waals surface area contributed by atoms with Crippen molar-refractivity contribution in [3.8, 4) is 0 Å². The Morgan fingerprint density at radius 1 is 0.919 bits per heavy atom. The predicted molar refractivity (Wildman–Crippen MR) is 160 cm³/mol. The van der Waals surface area contributed by atoms with Gasteiger partial charge >= 0.3 is 17.9 Å². The Bertz CT molecular complexity index is 662. The third kappa shape index (κ3) is 20.3. The van der Waals surface area contributed by atoms with Gasteiger partial charge in [0.05, 0.1) is 43.8 Å². The number of carbonyl (C=O) groups excluding carboxylic acids is 4. The second-order valence-electron chi connectivity index (χ2n) is 7.25. The summed E-state index contributed by atoms with van der Waals surface area (Å²) in [6.45, 7) is 4.02. The lowest BCUT2D eigenvalue weighted by molar-refractivity contribution is -0.152. The molecule has 0 aliphatic carbocycles. The van der Waals surface area contributed by atoms with Gasteiger partial charge in [-0.1, -0.05) is 60.6 Å². The molecule has 0 aliphatic heterocycles. The molecule has 0 aromatic heterocycles. The molecule has 0 saturated heterocycles. The number of rotatable bonds is 15. The maximum Gasteiger partial charge on any atom is 0.309 e. The predicted octanol–water partition coefficient (Wildman–Crippen LogP) is 5.09. The van der Waals surface area contributed by atoms with Crippen molar-refractivity contribution in [3.05, 3.63) is 0 Å². The molecule has 3 unspecified atom stereocenters. The van der Waals surface area contributed by atoms with Crippen molar-refractivity contribution in [2.24, 2.45) is 11.8 Å². The summed E-state index contributed by atoms with van der Waals surface area (Å²) in [5.74, 6) is -2.33. The molecule has 0 spiro atoms. The minimum Gasteiger partial charge on any atom is -0.469 e. The quantitative estimate of drug-likeness (QED) is 0.110. The number of ether oxygens (including phenoxy) is 4. The number of hydrogen-bond acceptors (Lipinski definition) is 11. The van der Waals surface area contributed by atoms with Gasteiger partial charge in [0.15, 0.2) is 0 Å². The Kier molecular flexibility index (Phi) is 32.3. The van der Waals surface area contributed by atoms with Crippen molar-refractivity contribution in [2.75, 3.05) is 53.9 Å². The highest BCUT2D eigenvalue weighted by Crippen LogP contribution is 2.31. The largest absolute Gasteiger partial charge is 0.469 e. The van der Waals surface area contributed by atoms with Gasteiger partial charge in [-0.25, -0.2) is 0 Å². The molecule has 1 amide bonds. The Morgan fingerprint density at radius 2 is 1.51 bits per heavy atom.